The number of likely N-dealkylation sites (N-methyl/N-ethyl adjacent to an activating group) is 1. The lowest BCUT2D eigenvalue weighted by atomic mass is 9.91. The number of hydrogen-bond acceptors (Lipinski definition) is 5. The highest BCUT2D eigenvalue weighted by Gasteiger charge is 2.26. The van der Waals surface area contributed by atoms with Crippen LogP contribution in [-0.4, -0.2) is 56.3 Å². The smallest absolute Gasteiger partial charge is 0.311 e. The van der Waals surface area contributed by atoms with Gasteiger partial charge in [0.1, 0.15) is 6.61 Å². The molecule has 0 aromatic rings. The summed E-state index contributed by atoms with van der Waals surface area (Å²) in [7, 11) is -2.08. The lowest BCUT2D eigenvalue weighted by Crippen LogP contribution is -2.30. The van der Waals surface area contributed by atoms with E-state index in [-0.39, 0.29) is 18.3 Å². The quantitative estimate of drug-likeness (QED) is 0.508. The first kappa shape index (κ1) is 18.3. The third-order valence-electron chi connectivity index (χ3n) is 3.08. The van der Waals surface area contributed by atoms with Crippen molar-refractivity contribution in [3.8, 4) is 0 Å². The van der Waals surface area contributed by atoms with Crippen molar-refractivity contribution in [3.63, 3.8) is 0 Å². The van der Waals surface area contributed by atoms with Crippen LogP contribution in [0.5, 0.6) is 0 Å². The Morgan fingerprint density at radius 2 is 1.89 bits per heavy atom. The summed E-state index contributed by atoms with van der Waals surface area (Å²) in [6.45, 7) is 6.95. The number of rotatable bonds is 9. The molecule has 7 heteroatoms. The minimum absolute atomic E-state index is 0.221. The Balaban J connectivity index is 3.81. The molecule has 0 saturated heterocycles. The van der Waals surface area contributed by atoms with E-state index in [1.54, 1.807) is 0 Å². The van der Waals surface area contributed by atoms with Gasteiger partial charge >= 0.3 is 5.97 Å². The molecule has 0 fully saturated rings. The highest BCUT2D eigenvalue weighted by atomic mass is 32.2. The molecule has 0 saturated carbocycles. The van der Waals surface area contributed by atoms with Crippen LogP contribution in [0, 0.1) is 5.41 Å². The van der Waals surface area contributed by atoms with Crippen LogP contribution in [0.3, 0.4) is 0 Å². The van der Waals surface area contributed by atoms with Gasteiger partial charge in [-0.2, -0.15) is 8.42 Å². The maximum absolute atomic E-state index is 11.7. The van der Waals surface area contributed by atoms with Crippen molar-refractivity contribution in [2.24, 2.45) is 5.41 Å². The zero-order valence-corrected chi connectivity index (χ0v) is 13.0. The molecule has 0 radical (unpaired) electrons. The Kier molecular flexibility index (Phi) is 7.54. The molecular weight excluding hydrogens is 270 g/mol. The number of carbonyl (C=O) groups excluding carboxylic acids is 1. The van der Waals surface area contributed by atoms with Crippen LogP contribution in [0.2, 0.25) is 0 Å². The molecule has 0 aromatic heterocycles. The SMILES string of the molecule is CCC(C)(C)C(=O)OCCN(C)CCCS(=O)(=O)O. The zero-order valence-electron chi connectivity index (χ0n) is 12.2. The molecule has 1 N–H and O–H groups in total. The van der Waals surface area contributed by atoms with E-state index in [1.807, 2.05) is 32.7 Å². The van der Waals surface area contributed by atoms with Gasteiger partial charge in [-0.05, 0) is 40.3 Å². The van der Waals surface area contributed by atoms with E-state index in [1.165, 1.54) is 0 Å². The van der Waals surface area contributed by atoms with Gasteiger partial charge in [0.2, 0.25) is 0 Å². The molecule has 0 bridgehead atoms. The summed E-state index contributed by atoms with van der Waals surface area (Å²) in [4.78, 5) is 13.5. The Morgan fingerprint density at radius 3 is 2.37 bits per heavy atom. The molecule has 0 aliphatic heterocycles. The Hall–Kier alpha value is -0.660. The molecule has 0 unspecified atom stereocenters. The lowest BCUT2D eigenvalue weighted by Gasteiger charge is -2.22. The van der Waals surface area contributed by atoms with Crippen molar-refractivity contribution >= 4 is 16.1 Å². The molecule has 0 rings (SSSR count). The van der Waals surface area contributed by atoms with Crippen molar-refractivity contribution < 1.29 is 22.5 Å². The first-order chi connectivity index (χ1) is 8.58. The molecule has 0 heterocycles. The van der Waals surface area contributed by atoms with Gasteiger partial charge in [-0.25, -0.2) is 0 Å². The molecule has 19 heavy (non-hydrogen) atoms. The van der Waals surface area contributed by atoms with E-state index in [0.717, 1.165) is 6.42 Å². The first-order valence-electron chi connectivity index (χ1n) is 6.39. The third kappa shape index (κ3) is 8.96. The second-order valence-electron chi connectivity index (χ2n) is 5.32. The molecule has 6 nitrogen and oxygen atoms in total. The Bertz CT molecular complexity index is 378. The van der Waals surface area contributed by atoms with Gasteiger partial charge in [0.25, 0.3) is 10.1 Å². The zero-order chi connectivity index (χ0) is 15.1. The summed E-state index contributed by atoms with van der Waals surface area (Å²) in [6.07, 6.45) is 1.07. The molecule has 0 aromatic carbocycles. The van der Waals surface area contributed by atoms with E-state index >= 15 is 0 Å². The van der Waals surface area contributed by atoms with Crippen molar-refractivity contribution in [2.75, 3.05) is 32.5 Å². The molecular formula is C12H25NO5S. The topological polar surface area (TPSA) is 83.9 Å². The highest BCUT2D eigenvalue weighted by Crippen LogP contribution is 2.21. The average Bonchev–Trinajstić information content (AvgIpc) is 2.27. The van der Waals surface area contributed by atoms with Gasteiger partial charge < -0.3 is 9.64 Å². The van der Waals surface area contributed by atoms with Crippen LogP contribution in [0.4, 0.5) is 0 Å². The average molecular weight is 295 g/mol. The van der Waals surface area contributed by atoms with Gasteiger partial charge in [0, 0.05) is 6.54 Å². The summed E-state index contributed by atoms with van der Waals surface area (Å²) in [6, 6.07) is 0. The summed E-state index contributed by atoms with van der Waals surface area (Å²) < 4.78 is 34.8. The van der Waals surface area contributed by atoms with Crippen molar-refractivity contribution in [1.29, 1.82) is 0 Å². The van der Waals surface area contributed by atoms with Gasteiger partial charge in [-0.1, -0.05) is 6.92 Å². The van der Waals surface area contributed by atoms with Crippen molar-refractivity contribution in [1.82, 2.24) is 4.90 Å². The van der Waals surface area contributed by atoms with E-state index in [0.29, 0.717) is 19.5 Å². The summed E-state index contributed by atoms with van der Waals surface area (Å²) in [5.41, 5.74) is -0.469. The molecule has 0 spiro atoms. The number of ether oxygens (including phenoxy) is 1. The van der Waals surface area contributed by atoms with Crippen LogP contribution < -0.4 is 0 Å². The lowest BCUT2D eigenvalue weighted by molar-refractivity contribution is -0.154. The molecule has 0 amide bonds. The second kappa shape index (κ2) is 7.81. The highest BCUT2D eigenvalue weighted by molar-refractivity contribution is 7.85. The largest absolute Gasteiger partial charge is 0.464 e. The van der Waals surface area contributed by atoms with Crippen LogP contribution in [0.25, 0.3) is 0 Å². The van der Waals surface area contributed by atoms with Crippen LogP contribution in [-0.2, 0) is 19.6 Å². The van der Waals surface area contributed by atoms with Gasteiger partial charge in [-0.3, -0.25) is 9.35 Å². The first-order valence-corrected chi connectivity index (χ1v) is 8.00. The predicted octanol–water partition coefficient (Wildman–Crippen LogP) is 1.18. The van der Waals surface area contributed by atoms with Crippen molar-refractivity contribution in [2.45, 2.75) is 33.6 Å². The Morgan fingerprint density at radius 1 is 1.32 bits per heavy atom. The van der Waals surface area contributed by atoms with E-state index in [9.17, 15) is 13.2 Å². The number of hydrogen-bond donors (Lipinski definition) is 1. The summed E-state index contributed by atoms with van der Waals surface area (Å²) in [5.74, 6) is -0.471. The minimum atomic E-state index is -3.89. The van der Waals surface area contributed by atoms with Gasteiger partial charge in [0.15, 0.2) is 0 Å². The molecule has 114 valence electrons. The maximum atomic E-state index is 11.7. The van der Waals surface area contributed by atoms with E-state index in [4.69, 9.17) is 9.29 Å². The van der Waals surface area contributed by atoms with Crippen LogP contribution >= 0.6 is 0 Å². The van der Waals surface area contributed by atoms with Crippen LogP contribution in [0.15, 0.2) is 0 Å². The van der Waals surface area contributed by atoms with E-state index in [2.05, 4.69) is 0 Å². The monoisotopic (exact) mass is 295 g/mol. The van der Waals surface area contributed by atoms with Gasteiger partial charge in [0.05, 0.1) is 11.2 Å². The fourth-order valence-corrected chi connectivity index (χ4v) is 1.76. The molecule has 0 aliphatic rings. The third-order valence-corrected chi connectivity index (χ3v) is 3.89. The molecule has 0 atom stereocenters. The van der Waals surface area contributed by atoms with E-state index < -0.39 is 15.5 Å². The van der Waals surface area contributed by atoms with Crippen molar-refractivity contribution in [3.05, 3.63) is 0 Å². The normalized spacial score (nSPS) is 12.7. The fourth-order valence-electron chi connectivity index (χ4n) is 1.26. The summed E-state index contributed by atoms with van der Waals surface area (Å²) in [5, 5.41) is 0. The maximum Gasteiger partial charge on any atom is 0.311 e. The second-order valence-corrected chi connectivity index (χ2v) is 6.89. The van der Waals surface area contributed by atoms with Crippen LogP contribution in [0.1, 0.15) is 33.6 Å². The minimum Gasteiger partial charge on any atom is -0.464 e. The fraction of sp³-hybridized carbons (Fsp3) is 0.917. The number of carbonyl (C=O) groups is 1. The number of esters is 1. The number of nitrogens with zero attached hydrogens (tertiary/aromatic N) is 1. The Labute approximate surface area is 115 Å². The molecule has 0 aliphatic carbocycles. The van der Waals surface area contributed by atoms with Gasteiger partial charge in [-0.15, -0.1) is 0 Å². The summed E-state index contributed by atoms with van der Waals surface area (Å²) >= 11 is 0. The standard InChI is InChI=1S/C12H25NO5S/c1-5-12(2,3)11(14)18-9-8-13(4)7-6-10-19(15,16)17/h5-10H2,1-4H3,(H,15,16,17). The predicted molar refractivity (Wildman–Crippen MR) is 73.6 cm³/mol.